The average Bonchev–Trinajstić information content (AvgIpc) is 2.94. The summed E-state index contributed by atoms with van der Waals surface area (Å²) in [5.74, 6) is -0.624. The second-order valence-electron chi connectivity index (χ2n) is 10.5. The van der Waals surface area contributed by atoms with Crippen LogP contribution in [0.3, 0.4) is 0 Å². The molecule has 39 heavy (non-hydrogen) atoms. The summed E-state index contributed by atoms with van der Waals surface area (Å²) in [6.07, 6.45) is 34.8. The molecule has 0 heterocycles. The molecule has 0 fully saturated rings. The Kier molecular flexibility index (Phi) is 29.2. The molecular formula is C34H60O5. The van der Waals surface area contributed by atoms with Gasteiger partial charge in [-0.3, -0.25) is 9.59 Å². The minimum atomic E-state index is -0.778. The number of rotatable bonds is 28. The summed E-state index contributed by atoms with van der Waals surface area (Å²) in [4.78, 5) is 24.0. The Morgan fingerprint density at radius 3 is 1.64 bits per heavy atom. The summed E-state index contributed by atoms with van der Waals surface area (Å²) in [5.41, 5.74) is 0. The lowest BCUT2D eigenvalue weighted by molar-refractivity contribution is -0.161. The first kappa shape index (κ1) is 37.1. The molecule has 5 heteroatoms. The lowest BCUT2D eigenvalue weighted by Crippen LogP contribution is -2.28. The lowest BCUT2D eigenvalue weighted by atomic mass is 10.1. The van der Waals surface area contributed by atoms with Crippen LogP contribution in [0.5, 0.6) is 0 Å². The van der Waals surface area contributed by atoms with Crippen LogP contribution in [0.15, 0.2) is 36.5 Å². The van der Waals surface area contributed by atoms with Gasteiger partial charge in [0.1, 0.15) is 6.61 Å². The number of allylic oxidation sites excluding steroid dienone is 6. The average molecular weight is 549 g/mol. The number of ether oxygens (including phenoxy) is 2. The third kappa shape index (κ3) is 28.9. The van der Waals surface area contributed by atoms with Crippen LogP contribution >= 0.6 is 0 Å². The molecule has 0 spiro atoms. The third-order valence-electron chi connectivity index (χ3n) is 6.64. The largest absolute Gasteiger partial charge is 0.462 e. The highest BCUT2D eigenvalue weighted by molar-refractivity contribution is 5.70. The second-order valence-corrected chi connectivity index (χ2v) is 10.5. The van der Waals surface area contributed by atoms with Crippen molar-refractivity contribution in [1.29, 1.82) is 0 Å². The maximum atomic E-state index is 12.1. The zero-order valence-electron chi connectivity index (χ0n) is 25.4. The van der Waals surface area contributed by atoms with Crippen LogP contribution in [-0.2, 0) is 19.1 Å². The Hall–Kier alpha value is -1.88. The fourth-order valence-corrected chi connectivity index (χ4v) is 4.17. The van der Waals surface area contributed by atoms with E-state index in [1.807, 2.05) is 0 Å². The highest BCUT2D eigenvalue weighted by atomic mass is 16.6. The van der Waals surface area contributed by atoms with E-state index < -0.39 is 6.10 Å². The molecule has 0 aromatic rings. The van der Waals surface area contributed by atoms with E-state index in [0.717, 1.165) is 70.6 Å². The third-order valence-corrected chi connectivity index (χ3v) is 6.64. The molecular weight excluding hydrogens is 488 g/mol. The Bertz CT molecular complexity index is 637. The van der Waals surface area contributed by atoms with Crippen LogP contribution < -0.4 is 0 Å². The van der Waals surface area contributed by atoms with Crippen LogP contribution in [0.1, 0.15) is 149 Å². The van der Waals surface area contributed by atoms with Gasteiger partial charge in [-0.15, -0.1) is 0 Å². The molecule has 0 saturated heterocycles. The maximum absolute atomic E-state index is 12.1. The molecule has 0 rings (SSSR count). The molecule has 5 nitrogen and oxygen atoms in total. The molecule has 0 bridgehead atoms. The van der Waals surface area contributed by atoms with Crippen LogP contribution in [0, 0.1) is 0 Å². The smallest absolute Gasteiger partial charge is 0.306 e. The fourth-order valence-electron chi connectivity index (χ4n) is 4.17. The molecule has 0 aromatic carbocycles. The minimum absolute atomic E-state index is 0.0761. The van der Waals surface area contributed by atoms with E-state index in [1.54, 1.807) is 0 Å². The quantitative estimate of drug-likeness (QED) is 0.0599. The predicted octanol–water partition coefficient (Wildman–Crippen LogP) is 9.33. The van der Waals surface area contributed by atoms with E-state index in [2.05, 4.69) is 50.3 Å². The number of aliphatic hydroxyl groups excluding tert-OH is 1. The number of hydrogen-bond acceptors (Lipinski definition) is 5. The SMILES string of the molecule is CCC/C=C\CCCCCCCC(=O)OCC(CO)OC(=O)CCCCCCC/C=C\C/C=C\CCCCC. The molecule has 226 valence electrons. The summed E-state index contributed by atoms with van der Waals surface area (Å²) < 4.78 is 10.5. The van der Waals surface area contributed by atoms with Gasteiger partial charge < -0.3 is 14.6 Å². The van der Waals surface area contributed by atoms with Crippen molar-refractivity contribution in [3.8, 4) is 0 Å². The van der Waals surface area contributed by atoms with E-state index in [1.165, 1.54) is 51.4 Å². The van der Waals surface area contributed by atoms with Gasteiger partial charge in [-0.2, -0.15) is 0 Å². The summed E-state index contributed by atoms with van der Waals surface area (Å²) in [5, 5.41) is 9.47. The number of hydrogen-bond donors (Lipinski definition) is 1. The van der Waals surface area contributed by atoms with Crippen molar-refractivity contribution in [2.45, 2.75) is 155 Å². The molecule has 1 unspecified atom stereocenters. The monoisotopic (exact) mass is 548 g/mol. The summed E-state index contributed by atoms with van der Waals surface area (Å²) in [6.45, 7) is 4.00. The topological polar surface area (TPSA) is 72.8 Å². The molecule has 0 aliphatic heterocycles. The first-order valence-electron chi connectivity index (χ1n) is 16.0. The van der Waals surface area contributed by atoms with Gasteiger partial charge in [0.15, 0.2) is 6.10 Å². The molecule has 0 aromatic heterocycles. The van der Waals surface area contributed by atoms with Crippen molar-refractivity contribution in [2.75, 3.05) is 13.2 Å². The van der Waals surface area contributed by atoms with Crippen LogP contribution in [-0.4, -0.2) is 36.4 Å². The number of esters is 2. The van der Waals surface area contributed by atoms with Gasteiger partial charge in [0.2, 0.25) is 0 Å². The number of carbonyl (C=O) groups excluding carboxylic acids is 2. The van der Waals surface area contributed by atoms with E-state index >= 15 is 0 Å². The zero-order chi connectivity index (χ0) is 28.7. The van der Waals surface area contributed by atoms with Crippen LogP contribution in [0.4, 0.5) is 0 Å². The number of aliphatic hydroxyl groups is 1. The number of unbranched alkanes of at least 4 members (excludes halogenated alkanes) is 14. The van der Waals surface area contributed by atoms with Gasteiger partial charge in [0.05, 0.1) is 6.61 Å². The highest BCUT2D eigenvalue weighted by Crippen LogP contribution is 2.11. The van der Waals surface area contributed by atoms with Crippen molar-refractivity contribution in [1.82, 2.24) is 0 Å². The lowest BCUT2D eigenvalue weighted by Gasteiger charge is -2.15. The first-order valence-corrected chi connectivity index (χ1v) is 16.0. The van der Waals surface area contributed by atoms with E-state index in [0.29, 0.717) is 12.8 Å². The van der Waals surface area contributed by atoms with Crippen LogP contribution in [0.2, 0.25) is 0 Å². The second kappa shape index (κ2) is 30.7. The van der Waals surface area contributed by atoms with Crippen molar-refractivity contribution in [2.24, 2.45) is 0 Å². The molecule has 1 atom stereocenters. The summed E-state index contributed by atoms with van der Waals surface area (Å²) in [6, 6.07) is 0. The van der Waals surface area contributed by atoms with Gasteiger partial charge >= 0.3 is 11.9 Å². The highest BCUT2D eigenvalue weighted by Gasteiger charge is 2.16. The Balaban J connectivity index is 3.64. The maximum Gasteiger partial charge on any atom is 0.306 e. The van der Waals surface area contributed by atoms with Crippen molar-refractivity contribution in [3.05, 3.63) is 36.5 Å². The van der Waals surface area contributed by atoms with E-state index in [9.17, 15) is 14.7 Å². The molecule has 0 radical (unpaired) electrons. The van der Waals surface area contributed by atoms with Gasteiger partial charge in [-0.05, 0) is 64.2 Å². The molecule has 1 N–H and O–H groups in total. The Morgan fingerprint density at radius 1 is 0.590 bits per heavy atom. The number of carbonyl (C=O) groups is 2. The van der Waals surface area contributed by atoms with Gasteiger partial charge in [-0.25, -0.2) is 0 Å². The molecule has 0 saturated carbocycles. The summed E-state index contributed by atoms with van der Waals surface area (Å²) >= 11 is 0. The molecule has 0 aliphatic rings. The van der Waals surface area contributed by atoms with Crippen LogP contribution in [0.25, 0.3) is 0 Å². The van der Waals surface area contributed by atoms with E-state index in [4.69, 9.17) is 9.47 Å². The predicted molar refractivity (Wildman–Crippen MR) is 164 cm³/mol. The van der Waals surface area contributed by atoms with Crippen molar-refractivity contribution >= 4 is 11.9 Å². The standard InChI is InChI=1S/C34H60O5/c1-3-5-7-9-11-13-15-16-17-18-19-21-23-25-27-29-34(37)39-32(30-35)31-38-33(36)28-26-24-22-20-14-12-10-8-6-4-2/h8,10-11,13,16-17,32,35H,3-7,9,12,14-15,18-31H2,1-2H3/b10-8-,13-11-,17-16-. The normalized spacial score (nSPS) is 12.6. The fraction of sp³-hybridized carbons (Fsp3) is 0.765. The minimum Gasteiger partial charge on any atom is -0.462 e. The van der Waals surface area contributed by atoms with E-state index in [-0.39, 0.29) is 25.2 Å². The van der Waals surface area contributed by atoms with Crippen molar-refractivity contribution in [3.63, 3.8) is 0 Å². The molecule has 0 amide bonds. The van der Waals surface area contributed by atoms with Gasteiger partial charge in [-0.1, -0.05) is 108 Å². The summed E-state index contributed by atoms with van der Waals surface area (Å²) in [7, 11) is 0. The molecule has 0 aliphatic carbocycles. The zero-order valence-corrected chi connectivity index (χ0v) is 25.4. The Morgan fingerprint density at radius 2 is 1.08 bits per heavy atom. The van der Waals surface area contributed by atoms with Gasteiger partial charge in [0, 0.05) is 12.8 Å². The first-order chi connectivity index (χ1) is 19.1. The van der Waals surface area contributed by atoms with Crippen molar-refractivity contribution < 1.29 is 24.2 Å². The van der Waals surface area contributed by atoms with Gasteiger partial charge in [0.25, 0.3) is 0 Å². The Labute approximate surface area is 240 Å².